The summed E-state index contributed by atoms with van der Waals surface area (Å²) in [5, 5.41) is 3.93. The average Bonchev–Trinajstić information content (AvgIpc) is 3.18. The summed E-state index contributed by atoms with van der Waals surface area (Å²) in [5.74, 6) is 0.716. The number of piperazine rings is 1. The van der Waals surface area contributed by atoms with Crippen LogP contribution in [0.4, 0.5) is 8.78 Å². The van der Waals surface area contributed by atoms with Gasteiger partial charge in [-0.25, -0.2) is 0 Å². The van der Waals surface area contributed by atoms with Gasteiger partial charge in [0.15, 0.2) is 0 Å². The van der Waals surface area contributed by atoms with Crippen LogP contribution < -0.4 is 4.74 Å². The van der Waals surface area contributed by atoms with Gasteiger partial charge < -0.3 is 9.26 Å². The summed E-state index contributed by atoms with van der Waals surface area (Å²) in [6.45, 7) is 2.02. The highest BCUT2D eigenvalue weighted by Gasteiger charge is 2.21. The molecule has 0 aliphatic carbocycles. The zero-order valence-electron chi connectivity index (χ0n) is 15.7. The Morgan fingerprint density at radius 3 is 2.41 bits per heavy atom. The third-order valence-electron chi connectivity index (χ3n) is 4.75. The van der Waals surface area contributed by atoms with Gasteiger partial charge in [0, 0.05) is 38.9 Å². The maximum atomic E-state index is 12.6. The number of rotatable bonds is 7. The highest BCUT2D eigenvalue weighted by molar-refractivity contribution is 5.63. The molecule has 3 heterocycles. The Hall–Kier alpha value is -2.91. The van der Waals surface area contributed by atoms with Crippen molar-refractivity contribution in [1.82, 2.24) is 24.9 Å². The zero-order valence-corrected chi connectivity index (χ0v) is 15.7. The van der Waals surface area contributed by atoms with Gasteiger partial charge in [0.05, 0.1) is 17.8 Å². The number of hydrogen-bond donors (Lipinski definition) is 0. The van der Waals surface area contributed by atoms with Crippen LogP contribution in [0.3, 0.4) is 0 Å². The highest BCUT2D eigenvalue weighted by Crippen LogP contribution is 2.29. The first kappa shape index (κ1) is 19.4. The fraction of sp³-hybridized carbons (Fsp3) is 0.350. The lowest BCUT2D eigenvalue weighted by Crippen LogP contribution is -2.45. The van der Waals surface area contributed by atoms with E-state index in [-0.39, 0.29) is 11.6 Å². The summed E-state index contributed by atoms with van der Waals surface area (Å²) in [7, 11) is 0. The fourth-order valence-electron chi connectivity index (χ4n) is 3.30. The summed E-state index contributed by atoms with van der Waals surface area (Å²) >= 11 is 0. The molecule has 1 aliphatic rings. The number of pyridine rings is 1. The number of alkyl halides is 2. The van der Waals surface area contributed by atoms with E-state index in [0.717, 1.165) is 38.4 Å². The molecule has 0 saturated carbocycles. The SMILES string of the molecule is FC(F)Oc1ccccc1-c1noc(CN2CCN(Cc3ccccn3)CC2)n1. The van der Waals surface area contributed by atoms with E-state index >= 15 is 0 Å². The van der Waals surface area contributed by atoms with Crippen LogP contribution in [-0.2, 0) is 13.1 Å². The first-order valence-corrected chi connectivity index (χ1v) is 9.39. The van der Waals surface area contributed by atoms with Crippen molar-refractivity contribution in [1.29, 1.82) is 0 Å². The number of nitrogens with zero attached hydrogens (tertiary/aromatic N) is 5. The van der Waals surface area contributed by atoms with Gasteiger partial charge in [0.25, 0.3) is 0 Å². The number of benzene rings is 1. The lowest BCUT2D eigenvalue weighted by atomic mass is 10.2. The molecule has 0 amide bonds. The molecular weight excluding hydrogens is 380 g/mol. The van der Waals surface area contributed by atoms with Crippen LogP contribution in [-0.4, -0.2) is 57.7 Å². The van der Waals surface area contributed by atoms with Crippen molar-refractivity contribution >= 4 is 0 Å². The van der Waals surface area contributed by atoms with E-state index in [0.29, 0.717) is 18.0 Å². The molecule has 0 N–H and O–H groups in total. The molecule has 0 spiro atoms. The summed E-state index contributed by atoms with van der Waals surface area (Å²) in [5.41, 5.74) is 1.44. The lowest BCUT2D eigenvalue weighted by molar-refractivity contribution is -0.0494. The quantitative estimate of drug-likeness (QED) is 0.603. The molecule has 0 bridgehead atoms. The van der Waals surface area contributed by atoms with Crippen LogP contribution in [0.1, 0.15) is 11.6 Å². The van der Waals surface area contributed by atoms with Gasteiger partial charge in [0.1, 0.15) is 5.75 Å². The van der Waals surface area contributed by atoms with E-state index in [9.17, 15) is 8.78 Å². The first-order chi connectivity index (χ1) is 14.2. The first-order valence-electron chi connectivity index (χ1n) is 9.39. The Balaban J connectivity index is 1.34. The topological polar surface area (TPSA) is 67.5 Å². The summed E-state index contributed by atoms with van der Waals surface area (Å²) < 4.78 is 35.1. The van der Waals surface area contributed by atoms with Crippen molar-refractivity contribution in [2.24, 2.45) is 0 Å². The van der Waals surface area contributed by atoms with E-state index in [2.05, 4.69) is 29.7 Å². The van der Waals surface area contributed by atoms with Crippen molar-refractivity contribution < 1.29 is 18.0 Å². The number of hydrogen-bond acceptors (Lipinski definition) is 7. The smallest absolute Gasteiger partial charge is 0.387 e. The molecule has 1 aromatic carbocycles. The van der Waals surface area contributed by atoms with Gasteiger partial charge in [-0.15, -0.1) is 0 Å². The summed E-state index contributed by atoms with van der Waals surface area (Å²) in [6.07, 6.45) is 1.81. The van der Waals surface area contributed by atoms with E-state index in [1.165, 1.54) is 6.07 Å². The molecular formula is C20H21F2N5O2. The monoisotopic (exact) mass is 401 g/mol. The van der Waals surface area contributed by atoms with Gasteiger partial charge >= 0.3 is 6.61 Å². The molecule has 0 radical (unpaired) electrons. The number of ether oxygens (including phenoxy) is 1. The van der Waals surface area contributed by atoms with Crippen LogP contribution in [0.15, 0.2) is 53.2 Å². The summed E-state index contributed by atoms with van der Waals surface area (Å²) in [6, 6.07) is 12.4. The molecule has 29 heavy (non-hydrogen) atoms. The molecule has 9 heteroatoms. The van der Waals surface area contributed by atoms with Crippen LogP contribution in [0, 0.1) is 0 Å². The molecule has 2 aromatic heterocycles. The van der Waals surface area contributed by atoms with Crippen molar-refractivity contribution in [3.05, 3.63) is 60.2 Å². The molecule has 7 nitrogen and oxygen atoms in total. The van der Waals surface area contributed by atoms with Crippen LogP contribution in [0.25, 0.3) is 11.4 Å². The predicted molar refractivity (Wildman–Crippen MR) is 101 cm³/mol. The van der Waals surface area contributed by atoms with E-state index < -0.39 is 6.61 Å². The minimum Gasteiger partial charge on any atom is -0.434 e. The van der Waals surface area contributed by atoms with Crippen LogP contribution in [0.2, 0.25) is 0 Å². The molecule has 3 aromatic rings. The lowest BCUT2D eigenvalue weighted by Gasteiger charge is -2.33. The fourth-order valence-corrected chi connectivity index (χ4v) is 3.30. The van der Waals surface area contributed by atoms with Crippen molar-refractivity contribution in [2.75, 3.05) is 26.2 Å². The van der Waals surface area contributed by atoms with Crippen LogP contribution in [0.5, 0.6) is 5.75 Å². The highest BCUT2D eigenvalue weighted by atomic mass is 19.3. The van der Waals surface area contributed by atoms with Crippen molar-refractivity contribution in [3.8, 4) is 17.1 Å². The van der Waals surface area contributed by atoms with Crippen LogP contribution >= 0.6 is 0 Å². The molecule has 1 saturated heterocycles. The third-order valence-corrected chi connectivity index (χ3v) is 4.75. The Morgan fingerprint density at radius 2 is 1.69 bits per heavy atom. The van der Waals surface area contributed by atoms with Crippen molar-refractivity contribution in [3.63, 3.8) is 0 Å². The second-order valence-electron chi connectivity index (χ2n) is 6.76. The van der Waals surface area contributed by atoms with Gasteiger partial charge in [-0.1, -0.05) is 23.4 Å². The third kappa shape index (κ3) is 5.12. The average molecular weight is 401 g/mol. The van der Waals surface area contributed by atoms with Gasteiger partial charge in [-0.3, -0.25) is 14.8 Å². The number of para-hydroxylation sites is 1. The standard InChI is InChI=1S/C20H21F2N5O2/c21-20(22)28-17-7-2-1-6-16(17)19-24-18(29-25-19)14-27-11-9-26(10-12-27)13-15-5-3-4-8-23-15/h1-8,20H,9-14H2. The Kier molecular flexibility index (Phi) is 6.06. The minimum absolute atomic E-state index is 0.0259. The maximum Gasteiger partial charge on any atom is 0.387 e. The van der Waals surface area contributed by atoms with Gasteiger partial charge in [0.2, 0.25) is 11.7 Å². The van der Waals surface area contributed by atoms with E-state index in [1.54, 1.807) is 18.2 Å². The predicted octanol–water partition coefficient (Wildman–Crippen LogP) is 3.05. The normalized spacial score (nSPS) is 15.7. The second-order valence-corrected chi connectivity index (χ2v) is 6.76. The molecule has 0 atom stereocenters. The van der Waals surface area contributed by atoms with E-state index in [4.69, 9.17) is 4.52 Å². The van der Waals surface area contributed by atoms with Gasteiger partial charge in [-0.2, -0.15) is 13.8 Å². The van der Waals surface area contributed by atoms with Crippen molar-refractivity contribution in [2.45, 2.75) is 19.7 Å². The number of halogens is 2. The van der Waals surface area contributed by atoms with E-state index in [1.807, 2.05) is 24.4 Å². The largest absolute Gasteiger partial charge is 0.434 e. The zero-order chi connectivity index (χ0) is 20.1. The molecule has 152 valence electrons. The minimum atomic E-state index is -2.91. The Labute approximate surface area is 166 Å². The summed E-state index contributed by atoms with van der Waals surface area (Å²) in [4.78, 5) is 13.3. The molecule has 0 unspecified atom stereocenters. The maximum absolute atomic E-state index is 12.6. The number of aromatic nitrogens is 3. The Morgan fingerprint density at radius 1 is 0.966 bits per heavy atom. The molecule has 4 rings (SSSR count). The molecule has 1 aliphatic heterocycles. The molecule has 1 fully saturated rings. The second kappa shape index (κ2) is 9.06. The van der Waals surface area contributed by atoms with Gasteiger partial charge in [-0.05, 0) is 24.3 Å². The Bertz CT molecular complexity index is 914.